The van der Waals surface area contributed by atoms with Gasteiger partial charge in [-0.1, -0.05) is 0 Å². The van der Waals surface area contributed by atoms with Gasteiger partial charge in [-0.3, -0.25) is 0 Å². The van der Waals surface area contributed by atoms with Crippen LogP contribution in [0.2, 0.25) is 0 Å². The third-order valence-corrected chi connectivity index (χ3v) is 0. The maximum absolute atomic E-state index is 8.70. The maximum Gasteiger partial charge on any atom is 0.692 e. The molecule has 2 N–H and O–H groups in total. The van der Waals surface area contributed by atoms with Crippen molar-refractivity contribution in [3.05, 3.63) is 6.58 Å². The summed E-state index contributed by atoms with van der Waals surface area (Å²) in [5.41, 5.74) is 0. The minimum Gasteiger partial charge on any atom is -0.234 e. The molecule has 7 heavy (non-hydrogen) atoms. The van der Waals surface area contributed by atoms with Crippen LogP contribution in [0.1, 0.15) is 0 Å². The number of hydrogen-bond acceptors (Lipinski definition) is 2. The quantitative estimate of drug-likeness (QED) is 0.340. The average molecular weight is 123 g/mol. The van der Waals surface area contributed by atoms with Gasteiger partial charge >= 0.3 is 8.25 Å². The zero-order valence-corrected chi connectivity index (χ0v) is 4.26. The molecule has 0 amide bonds. The third-order valence-electron chi connectivity index (χ3n) is 0. The molecule has 0 rings (SSSR count). The molecule has 0 aliphatic rings. The monoisotopic (exact) mass is 123 g/mol. The Kier molecular flexibility index (Phi) is 12.6. The second-order valence-corrected chi connectivity index (χ2v) is 0.903. The molecular weight excluding hydrogens is 119 g/mol. The molecule has 0 saturated carbocycles. The first-order chi connectivity index (χ1) is 3.15. The molecule has 0 aromatic carbocycles. The van der Waals surface area contributed by atoms with E-state index >= 15 is 0 Å². The van der Waals surface area contributed by atoms with Gasteiger partial charge < -0.3 is 0 Å². The van der Waals surface area contributed by atoms with Crippen LogP contribution in [-0.4, -0.2) is 15.7 Å². The highest BCUT2D eigenvalue weighted by atomic mass is 31.1. The standard InChI is InChI=1S/C2H2O.HO3P/c1-2-3;1-4(2)3/h1H2;(H-,1,2,3)/p+1. The zero-order valence-electron chi connectivity index (χ0n) is 3.37. The van der Waals surface area contributed by atoms with Gasteiger partial charge in [0.1, 0.15) is 5.94 Å². The number of rotatable bonds is 0. The van der Waals surface area contributed by atoms with Crippen molar-refractivity contribution >= 4 is 14.2 Å². The average Bonchev–Trinajstić information content (AvgIpc) is 1.33. The van der Waals surface area contributed by atoms with Gasteiger partial charge in [-0.2, -0.15) is 0 Å². The Bertz CT molecular complexity index is 77.7. The van der Waals surface area contributed by atoms with E-state index in [0.29, 0.717) is 0 Å². The Labute approximate surface area is 41.0 Å². The number of hydrogen-bond donors (Lipinski definition) is 2. The Morgan fingerprint density at radius 3 is 1.57 bits per heavy atom. The topological polar surface area (TPSA) is 74.6 Å². The smallest absolute Gasteiger partial charge is 0.234 e. The van der Waals surface area contributed by atoms with E-state index in [9.17, 15) is 0 Å². The van der Waals surface area contributed by atoms with E-state index in [2.05, 4.69) is 6.58 Å². The molecule has 0 bridgehead atoms. The van der Waals surface area contributed by atoms with E-state index in [-0.39, 0.29) is 0 Å². The van der Waals surface area contributed by atoms with Gasteiger partial charge in [-0.05, 0) is 6.58 Å². The first kappa shape index (κ1) is 9.69. The molecule has 0 aliphatic heterocycles. The van der Waals surface area contributed by atoms with Gasteiger partial charge in [0.15, 0.2) is 0 Å². The Morgan fingerprint density at radius 1 is 1.57 bits per heavy atom. The van der Waals surface area contributed by atoms with Gasteiger partial charge in [-0.25, -0.2) is 4.79 Å². The molecule has 5 heteroatoms. The highest BCUT2D eigenvalue weighted by molar-refractivity contribution is 7.30. The van der Waals surface area contributed by atoms with Crippen LogP contribution in [0.4, 0.5) is 0 Å². The van der Waals surface area contributed by atoms with Crippen molar-refractivity contribution in [2.75, 3.05) is 0 Å². The summed E-state index contributed by atoms with van der Waals surface area (Å²) in [6, 6.07) is 0. The summed E-state index contributed by atoms with van der Waals surface area (Å²) in [7, 11) is -2.87. The number of carbonyl (C=O) groups excluding carboxylic acids is 1. The first-order valence-electron chi connectivity index (χ1n) is 1.14. The predicted molar refractivity (Wildman–Crippen MR) is 23.4 cm³/mol. The highest BCUT2D eigenvalue weighted by Gasteiger charge is 1.93. The van der Waals surface area contributed by atoms with E-state index < -0.39 is 8.25 Å². The summed E-state index contributed by atoms with van der Waals surface area (Å²) in [5, 5.41) is 0. The van der Waals surface area contributed by atoms with Crippen molar-refractivity contribution in [2.45, 2.75) is 0 Å². The normalized spacial score (nSPS) is 4.86. The third kappa shape index (κ3) is 234. The molecule has 0 unspecified atom stereocenters. The summed E-state index contributed by atoms with van der Waals surface area (Å²) >= 11 is 0. The molecule has 0 atom stereocenters. The molecular formula is C2H4O4P+. The van der Waals surface area contributed by atoms with E-state index in [0.717, 1.165) is 0 Å². The van der Waals surface area contributed by atoms with E-state index in [1.807, 2.05) is 0 Å². The van der Waals surface area contributed by atoms with Crippen LogP contribution in [0, 0.1) is 0 Å². The Morgan fingerprint density at radius 2 is 1.57 bits per heavy atom. The van der Waals surface area contributed by atoms with Crippen molar-refractivity contribution in [3.63, 3.8) is 0 Å². The molecule has 4 nitrogen and oxygen atoms in total. The van der Waals surface area contributed by atoms with Gasteiger partial charge in [-0.15, -0.1) is 9.79 Å². The molecule has 0 fully saturated rings. The van der Waals surface area contributed by atoms with E-state index in [1.165, 1.54) is 5.94 Å². The highest BCUT2D eigenvalue weighted by Crippen LogP contribution is 1.98. The summed E-state index contributed by atoms with van der Waals surface area (Å²) in [4.78, 5) is 22.8. The summed E-state index contributed by atoms with van der Waals surface area (Å²) in [6.45, 7) is 2.68. The summed E-state index contributed by atoms with van der Waals surface area (Å²) in [5.74, 6) is 1.25. The Hall–Kier alpha value is -0.530. The van der Waals surface area contributed by atoms with E-state index in [4.69, 9.17) is 19.1 Å². The second kappa shape index (κ2) is 9.08. The Balaban J connectivity index is 0. The van der Waals surface area contributed by atoms with Crippen molar-refractivity contribution < 1.29 is 19.1 Å². The van der Waals surface area contributed by atoms with Crippen LogP contribution in [0.3, 0.4) is 0 Å². The molecule has 0 aromatic rings. The molecule has 0 aliphatic carbocycles. The molecule has 0 aromatic heterocycles. The van der Waals surface area contributed by atoms with Crippen molar-refractivity contribution in [2.24, 2.45) is 0 Å². The van der Waals surface area contributed by atoms with Crippen LogP contribution < -0.4 is 0 Å². The van der Waals surface area contributed by atoms with Gasteiger partial charge in [0.2, 0.25) is 0 Å². The molecule has 0 radical (unpaired) electrons. The van der Waals surface area contributed by atoms with Crippen LogP contribution in [0.15, 0.2) is 6.58 Å². The molecule has 0 heterocycles. The van der Waals surface area contributed by atoms with Crippen LogP contribution in [0.5, 0.6) is 0 Å². The lowest BCUT2D eigenvalue weighted by molar-refractivity contribution is 0.405. The molecule has 0 saturated heterocycles. The SMILES string of the molecule is C=C=O.O=[P+](O)O. The van der Waals surface area contributed by atoms with Crippen molar-refractivity contribution in [1.82, 2.24) is 0 Å². The van der Waals surface area contributed by atoms with Crippen LogP contribution >= 0.6 is 8.25 Å². The van der Waals surface area contributed by atoms with Crippen LogP contribution in [0.25, 0.3) is 0 Å². The minimum absolute atomic E-state index is 1.25. The van der Waals surface area contributed by atoms with Gasteiger partial charge in [0.25, 0.3) is 0 Å². The van der Waals surface area contributed by atoms with Crippen molar-refractivity contribution in [1.29, 1.82) is 0 Å². The lowest BCUT2D eigenvalue weighted by atomic mass is 11.2. The maximum atomic E-state index is 8.70. The predicted octanol–water partition coefficient (Wildman–Crippen LogP) is -0.368. The fourth-order valence-corrected chi connectivity index (χ4v) is 0. The largest absolute Gasteiger partial charge is 0.692 e. The summed E-state index contributed by atoms with van der Waals surface area (Å²) < 4.78 is 8.70. The lowest BCUT2D eigenvalue weighted by Gasteiger charge is -1.34. The molecule has 0 spiro atoms. The second-order valence-electron chi connectivity index (χ2n) is 0.397. The van der Waals surface area contributed by atoms with Crippen LogP contribution in [-0.2, 0) is 9.36 Å². The minimum atomic E-state index is -2.87. The van der Waals surface area contributed by atoms with Crippen molar-refractivity contribution in [3.8, 4) is 0 Å². The fraction of sp³-hybridized carbons (Fsp3) is 0. The fourth-order valence-electron chi connectivity index (χ4n) is 0. The summed E-state index contributed by atoms with van der Waals surface area (Å²) in [6.07, 6.45) is 0. The van der Waals surface area contributed by atoms with E-state index in [1.54, 1.807) is 0 Å². The first-order valence-corrected chi connectivity index (χ1v) is 2.31. The van der Waals surface area contributed by atoms with Gasteiger partial charge in [0, 0.05) is 4.57 Å². The zero-order chi connectivity index (χ0) is 6.28. The van der Waals surface area contributed by atoms with Gasteiger partial charge in [0.05, 0.1) is 0 Å². The molecule has 40 valence electrons. The lowest BCUT2D eigenvalue weighted by Crippen LogP contribution is -1.38.